The Bertz CT molecular complexity index is 936. The van der Waals surface area contributed by atoms with Crippen LogP contribution in [-0.4, -0.2) is 32.9 Å². The van der Waals surface area contributed by atoms with Crippen molar-refractivity contribution in [1.29, 1.82) is 0 Å². The first-order chi connectivity index (χ1) is 12.1. The second-order valence-electron chi connectivity index (χ2n) is 6.96. The minimum atomic E-state index is -2.06. The van der Waals surface area contributed by atoms with Crippen LogP contribution in [0.5, 0.6) is 11.5 Å². The summed E-state index contributed by atoms with van der Waals surface area (Å²) in [7, 11) is 0. The van der Waals surface area contributed by atoms with Crippen molar-refractivity contribution in [3.63, 3.8) is 0 Å². The highest BCUT2D eigenvalue weighted by molar-refractivity contribution is 6.22. The molecule has 3 N–H and O–H groups in total. The summed E-state index contributed by atoms with van der Waals surface area (Å²) in [5.41, 5.74) is -1.66. The zero-order valence-electron chi connectivity index (χ0n) is 15.0. The molecule has 0 unspecified atom stereocenters. The van der Waals surface area contributed by atoms with E-state index in [1.165, 1.54) is 19.9 Å². The van der Waals surface area contributed by atoms with Gasteiger partial charge in [-0.25, -0.2) is 0 Å². The number of benzene rings is 1. The minimum absolute atomic E-state index is 0.0896. The van der Waals surface area contributed by atoms with E-state index in [1.807, 2.05) is 0 Å². The van der Waals surface area contributed by atoms with Crippen molar-refractivity contribution in [2.75, 3.05) is 0 Å². The van der Waals surface area contributed by atoms with Crippen LogP contribution in [0.3, 0.4) is 0 Å². The van der Waals surface area contributed by atoms with Crippen LogP contribution < -0.4 is 0 Å². The maximum Gasteiger partial charge on any atom is 0.322 e. The number of carbonyl (C=O) groups is 3. The number of phenolic OH excluding ortho intramolecular Hbond substituents is 2. The standard InChI is InChI=1S/C20H20O6/c1-5-6-11-13-8(2)7-12(21)20(11,19(25)26)15-9(3)16(22)10(4)17(23)14(15)18(13)24/h5-7,11,13,22-23H,1-4H3,(H,25,26)/t11-,13-,20+/m0/s1. The molecule has 1 aromatic carbocycles. The molecule has 26 heavy (non-hydrogen) atoms. The highest BCUT2D eigenvalue weighted by atomic mass is 16.4. The summed E-state index contributed by atoms with van der Waals surface area (Å²) in [4.78, 5) is 38.7. The molecule has 0 saturated heterocycles. The van der Waals surface area contributed by atoms with E-state index in [4.69, 9.17) is 0 Å². The first-order valence-corrected chi connectivity index (χ1v) is 8.30. The Kier molecular flexibility index (Phi) is 3.83. The number of carboxylic acid groups (broad SMARTS) is 1. The number of Topliss-reactive ketones (excluding diaryl/α,β-unsaturated/α-hetero) is 1. The quantitative estimate of drug-likeness (QED) is 0.555. The van der Waals surface area contributed by atoms with Gasteiger partial charge in [-0.1, -0.05) is 17.7 Å². The predicted molar refractivity (Wildman–Crippen MR) is 93.4 cm³/mol. The first-order valence-electron chi connectivity index (χ1n) is 8.30. The molecule has 0 amide bonds. The molecule has 0 spiro atoms. The topological polar surface area (TPSA) is 112 Å². The molecule has 0 fully saturated rings. The summed E-state index contributed by atoms with van der Waals surface area (Å²) < 4.78 is 0. The van der Waals surface area contributed by atoms with Crippen LogP contribution in [0, 0.1) is 25.7 Å². The highest BCUT2D eigenvalue weighted by Crippen LogP contribution is 2.56. The first kappa shape index (κ1) is 17.9. The molecule has 3 rings (SSSR count). The lowest BCUT2D eigenvalue weighted by Gasteiger charge is -2.47. The number of aromatic hydroxyl groups is 2. The van der Waals surface area contributed by atoms with Gasteiger partial charge in [0.05, 0.1) is 11.5 Å². The van der Waals surface area contributed by atoms with Gasteiger partial charge in [0.2, 0.25) is 0 Å². The summed E-state index contributed by atoms with van der Waals surface area (Å²) in [6.45, 7) is 6.21. The van der Waals surface area contributed by atoms with Gasteiger partial charge in [0, 0.05) is 11.5 Å². The Morgan fingerprint density at radius 1 is 1.12 bits per heavy atom. The average molecular weight is 356 g/mol. The molecule has 2 aliphatic carbocycles. The number of hydrogen-bond donors (Lipinski definition) is 3. The van der Waals surface area contributed by atoms with Crippen molar-refractivity contribution >= 4 is 17.5 Å². The normalized spacial score (nSPS) is 27.5. The van der Waals surface area contributed by atoms with Gasteiger partial charge < -0.3 is 15.3 Å². The van der Waals surface area contributed by atoms with Crippen LogP contribution in [0.15, 0.2) is 23.8 Å². The molecule has 0 aromatic heterocycles. The zero-order chi connectivity index (χ0) is 19.5. The van der Waals surface area contributed by atoms with Crippen LogP contribution in [-0.2, 0) is 15.0 Å². The van der Waals surface area contributed by atoms with Gasteiger partial charge >= 0.3 is 5.97 Å². The van der Waals surface area contributed by atoms with Gasteiger partial charge in [-0.15, -0.1) is 0 Å². The number of fused-ring (bicyclic) bond motifs is 4. The molecule has 6 heteroatoms. The van der Waals surface area contributed by atoms with Crippen LogP contribution >= 0.6 is 0 Å². The molecule has 1 aromatic rings. The summed E-state index contributed by atoms with van der Waals surface area (Å²) in [6, 6.07) is 0. The van der Waals surface area contributed by atoms with Gasteiger partial charge in [0.1, 0.15) is 11.5 Å². The minimum Gasteiger partial charge on any atom is -0.507 e. The maximum atomic E-state index is 13.2. The highest BCUT2D eigenvalue weighted by Gasteiger charge is 2.64. The molecule has 0 aliphatic heterocycles. The van der Waals surface area contributed by atoms with E-state index in [0.29, 0.717) is 5.57 Å². The van der Waals surface area contributed by atoms with Crippen LogP contribution in [0.4, 0.5) is 0 Å². The van der Waals surface area contributed by atoms with E-state index in [1.54, 1.807) is 26.0 Å². The lowest BCUT2D eigenvalue weighted by atomic mass is 9.51. The lowest BCUT2D eigenvalue weighted by Crippen LogP contribution is -2.59. The number of hydrogen-bond acceptors (Lipinski definition) is 5. The molecule has 0 saturated carbocycles. The smallest absolute Gasteiger partial charge is 0.322 e. The van der Waals surface area contributed by atoms with E-state index in [2.05, 4.69) is 0 Å². The molecule has 0 heterocycles. The molecular weight excluding hydrogens is 336 g/mol. The number of rotatable bonds is 2. The number of allylic oxidation sites excluding steroid dienone is 4. The zero-order valence-corrected chi connectivity index (χ0v) is 15.0. The number of aliphatic carboxylic acids is 1. The molecule has 136 valence electrons. The Labute approximate surface area is 150 Å². The third kappa shape index (κ3) is 1.84. The molecule has 6 nitrogen and oxygen atoms in total. The van der Waals surface area contributed by atoms with Gasteiger partial charge in [-0.05, 0) is 44.9 Å². The Hall–Kier alpha value is -2.89. The van der Waals surface area contributed by atoms with Gasteiger partial charge in [0.25, 0.3) is 0 Å². The fourth-order valence-electron chi connectivity index (χ4n) is 4.48. The van der Waals surface area contributed by atoms with Crippen molar-refractivity contribution < 1.29 is 29.7 Å². The van der Waals surface area contributed by atoms with E-state index in [0.717, 1.165) is 0 Å². The Morgan fingerprint density at radius 3 is 2.27 bits per heavy atom. The van der Waals surface area contributed by atoms with Crippen LogP contribution in [0.2, 0.25) is 0 Å². The third-order valence-electron chi connectivity index (χ3n) is 5.68. The third-order valence-corrected chi connectivity index (χ3v) is 5.68. The summed E-state index contributed by atoms with van der Waals surface area (Å²) in [6.07, 6.45) is 4.37. The number of carbonyl (C=O) groups excluding carboxylic acids is 2. The van der Waals surface area contributed by atoms with Crippen molar-refractivity contribution in [2.45, 2.75) is 33.1 Å². The van der Waals surface area contributed by atoms with Crippen molar-refractivity contribution in [2.24, 2.45) is 11.8 Å². The number of ketones is 2. The average Bonchev–Trinajstić information content (AvgIpc) is 2.56. The molecule has 0 radical (unpaired) electrons. The monoisotopic (exact) mass is 356 g/mol. The fourth-order valence-corrected chi connectivity index (χ4v) is 4.48. The second-order valence-corrected chi connectivity index (χ2v) is 6.96. The number of carboxylic acids is 1. The van der Waals surface area contributed by atoms with E-state index in [9.17, 15) is 29.7 Å². The Morgan fingerprint density at radius 2 is 1.73 bits per heavy atom. The maximum absolute atomic E-state index is 13.2. The largest absolute Gasteiger partial charge is 0.507 e. The van der Waals surface area contributed by atoms with E-state index in [-0.39, 0.29) is 28.0 Å². The summed E-state index contributed by atoms with van der Waals surface area (Å²) >= 11 is 0. The lowest BCUT2D eigenvalue weighted by molar-refractivity contribution is -0.150. The van der Waals surface area contributed by atoms with Gasteiger partial charge in [0.15, 0.2) is 17.0 Å². The molecular formula is C20H20O6. The fraction of sp³-hybridized carbons (Fsp3) is 0.350. The molecule has 2 bridgehead atoms. The van der Waals surface area contributed by atoms with Gasteiger partial charge in [-0.3, -0.25) is 14.4 Å². The summed E-state index contributed by atoms with van der Waals surface area (Å²) in [5.74, 6) is -5.08. The van der Waals surface area contributed by atoms with Crippen LogP contribution in [0.25, 0.3) is 0 Å². The SMILES string of the molecule is CC=C[C@H]1[C@H]2C(=O)c3c(O)c(C)c(O)c(C)c3[C@]1(C(=O)O)C(=O)C=C2C. The van der Waals surface area contributed by atoms with E-state index < -0.39 is 40.5 Å². The predicted octanol–water partition coefficient (Wildman–Crippen LogP) is 2.57. The Balaban J connectivity index is 2.61. The van der Waals surface area contributed by atoms with E-state index >= 15 is 0 Å². The number of phenols is 2. The molecule has 3 atom stereocenters. The van der Waals surface area contributed by atoms with Crippen molar-refractivity contribution in [3.8, 4) is 11.5 Å². The van der Waals surface area contributed by atoms with Crippen molar-refractivity contribution in [3.05, 3.63) is 46.1 Å². The second kappa shape index (κ2) is 5.56. The summed E-state index contributed by atoms with van der Waals surface area (Å²) in [5, 5.41) is 31.0. The van der Waals surface area contributed by atoms with Crippen molar-refractivity contribution in [1.82, 2.24) is 0 Å². The van der Waals surface area contributed by atoms with Crippen LogP contribution in [0.1, 0.15) is 40.9 Å². The van der Waals surface area contributed by atoms with Gasteiger partial charge in [-0.2, -0.15) is 0 Å². The molecule has 2 aliphatic rings.